The van der Waals surface area contributed by atoms with Crippen LogP contribution in [0.5, 0.6) is 5.75 Å². The van der Waals surface area contributed by atoms with Gasteiger partial charge in [-0.25, -0.2) is 14.4 Å². The molecule has 0 saturated heterocycles. The molecule has 0 radical (unpaired) electrons. The molecule has 2 aliphatic rings. The van der Waals surface area contributed by atoms with Crippen LogP contribution in [0.4, 0.5) is 4.39 Å². The molecule has 10 heteroatoms. The van der Waals surface area contributed by atoms with Crippen molar-refractivity contribution in [2.24, 2.45) is 5.92 Å². The number of amides is 2. The van der Waals surface area contributed by atoms with Crippen molar-refractivity contribution in [1.29, 1.82) is 0 Å². The number of halogens is 1. The summed E-state index contributed by atoms with van der Waals surface area (Å²) in [5.41, 5.74) is 4.48. The van der Waals surface area contributed by atoms with E-state index < -0.39 is 36.2 Å². The van der Waals surface area contributed by atoms with Gasteiger partial charge in [-0.2, -0.15) is 0 Å². The third kappa shape index (κ3) is 5.29. The van der Waals surface area contributed by atoms with Crippen molar-refractivity contribution in [3.05, 3.63) is 41.3 Å². The zero-order chi connectivity index (χ0) is 26.3. The molecule has 2 aromatic heterocycles. The monoisotopic (exact) mass is 509 g/mol. The van der Waals surface area contributed by atoms with Crippen molar-refractivity contribution in [3.8, 4) is 17.0 Å². The zero-order valence-corrected chi connectivity index (χ0v) is 21.2. The molecule has 2 heterocycles. The number of aryl methyl sites for hydroxylation is 2. The maximum Gasteiger partial charge on any atom is 0.255 e. The second-order valence-electron chi connectivity index (χ2n) is 10.3. The van der Waals surface area contributed by atoms with Gasteiger partial charge in [0.05, 0.1) is 23.7 Å². The van der Waals surface area contributed by atoms with Crippen LogP contribution in [0.25, 0.3) is 22.3 Å². The van der Waals surface area contributed by atoms with E-state index in [-0.39, 0.29) is 12.8 Å². The summed E-state index contributed by atoms with van der Waals surface area (Å²) in [7, 11) is 0. The summed E-state index contributed by atoms with van der Waals surface area (Å²) in [6.45, 7) is 5.78. The van der Waals surface area contributed by atoms with Crippen molar-refractivity contribution >= 4 is 22.8 Å². The highest BCUT2D eigenvalue weighted by Crippen LogP contribution is 2.37. The van der Waals surface area contributed by atoms with Crippen LogP contribution in [0.2, 0.25) is 0 Å². The van der Waals surface area contributed by atoms with E-state index in [1.54, 1.807) is 6.92 Å². The van der Waals surface area contributed by atoms with Crippen molar-refractivity contribution in [3.63, 3.8) is 0 Å². The Kier molecular flexibility index (Phi) is 6.85. The number of aliphatic hydroxyl groups is 1. The number of H-pyrrole nitrogens is 1. The van der Waals surface area contributed by atoms with Gasteiger partial charge in [0.25, 0.3) is 5.91 Å². The second-order valence-corrected chi connectivity index (χ2v) is 10.3. The van der Waals surface area contributed by atoms with E-state index in [4.69, 9.17) is 4.74 Å². The number of carbonyl (C=O) groups excluding carboxylic acids is 2. The summed E-state index contributed by atoms with van der Waals surface area (Å²) >= 11 is 0. The third-order valence-corrected chi connectivity index (χ3v) is 7.09. The highest BCUT2D eigenvalue weighted by atomic mass is 19.1. The summed E-state index contributed by atoms with van der Waals surface area (Å²) in [6, 6.07) is 4.72. The predicted octanol–water partition coefficient (Wildman–Crippen LogP) is 3.13. The maximum absolute atomic E-state index is 14.7. The van der Waals surface area contributed by atoms with Crippen LogP contribution in [-0.4, -0.2) is 62.8 Å². The number of nitrogens with one attached hydrogen (secondary N) is 3. The number of aromatic nitrogens is 3. The zero-order valence-electron chi connectivity index (χ0n) is 21.2. The Balaban J connectivity index is 1.40. The van der Waals surface area contributed by atoms with Gasteiger partial charge in [-0.05, 0) is 58.1 Å². The van der Waals surface area contributed by atoms with Crippen molar-refractivity contribution in [2.75, 3.05) is 6.61 Å². The molecule has 196 valence electrons. The van der Waals surface area contributed by atoms with Gasteiger partial charge >= 0.3 is 0 Å². The normalized spacial score (nSPS) is 22.1. The molecule has 2 amide bonds. The number of nitrogens with zero attached hydrogens (tertiary/aromatic N) is 2. The van der Waals surface area contributed by atoms with Gasteiger partial charge in [0.2, 0.25) is 5.91 Å². The lowest BCUT2D eigenvalue weighted by Crippen LogP contribution is -2.41. The lowest BCUT2D eigenvalue weighted by atomic mass is 10.1. The Labute approximate surface area is 214 Å². The van der Waals surface area contributed by atoms with Crippen molar-refractivity contribution < 1.29 is 23.8 Å². The SMILES string of the molecule is Cc1ccc(OCC2CC2)c(-c2ncnc3c(C(=O)N[C@@H]4C[C@H](NC(=O)[C@H](C)O)C[C@H]4F)c(C)[nH]c23)c1. The number of carbonyl (C=O) groups is 2. The van der Waals surface area contributed by atoms with Crippen LogP contribution in [0.3, 0.4) is 0 Å². The number of hydrogen-bond donors (Lipinski definition) is 4. The average Bonchev–Trinajstić information content (AvgIpc) is 3.53. The van der Waals surface area contributed by atoms with Crippen LogP contribution < -0.4 is 15.4 Å². The highest BCUT2D eigenvalue weighted by Gasteiger charge is 2.37. The summed E-state index contributed by atoms with van der Waals surface area (Å²) in [5, 5.41) is 14.8. The first-order valence-corrected chi connectivity index (χ1v) is 12.7. The number of fused-ring (bicyclic) bond motifs is 1. The predicted molar refractivity (Wildman–Crippen MR) is 136 cm³/mol. The molecule has 2 fully saturated rings. The van der Waals surface area contributed by atoms with Crippen LogP contribution in [0.1, 0.15) is 54.2 Å². The first kappa shape index (κ1) is 25.1. The van der Waals surface area contributed by atoms with E-state index in [0.29, 0.717) is 40.5 Å². The smallest absolute Gasteiger partial charge is 0.255 e. The van der Waals surface area contributed by atoms with Crippen LogP contribution in [0, 0.1) is 19.8 Å². The van der Waals surface area contributed by atoms with Crippen molar-refractivity contribution in [1.82, 2.24) is 25.6 Å². The Morgan fingerprint density at radius 1 is 1.22 bits per heavy atom. The molecule has 0 bridgehead atoms. The van der Waals surface area contributed by atoms with Gasteiger partial charge in [-0.3, -0.25) is 9.59 Å². The molecule has 0 unspecified atom stereocenters. The lowest BCUT2D eigenvalue weighted by Gasteiger charge is -2.16. The molecule has 1 aromatic carbocycles. The quantitative estimate of drug-likeness (QED) is 0.369. The Bertz CT molecular complexity index is 1340. The Morgan fingerprint density at radius 2 is 2.00 bits per heavy atom. The van der Waals surface area contributed by atoms with Gasteiger partial charge in [0, 0.05) is 23.7 Å². The minimum atomic E-state index is -1.32. The van der Waals surface area contributed by atoms with E-state index >= 15 is 0 Å². The average molecular weight is 510 g/mol. The molecule has 3 aromatic rings. The maximum atomic E-state index is 14.7. The standard InChI is InChI=1S/C27H32FN5O4/c1-13-4-7-21(37-11-16-5-6-16)18(8-13)23-25-24(30-12-29-23)22(14(2)31-25)27(36)33-20-10-17(9-19(20)28)32-26(35)15(3)34/h4,7-8,12,15-17,19-20,31,34H,5-6,9-11H2,1-3H3,(H,32,35)(H,33,36)/t15-,17+,19+,20+/m0/s1. The molecule has 9 nitrogen and oxygen atoms in total. The molecular formula is C27H32FN5O4. The molecular weight excluding hydrogens is 477 g/mol. The molecule has 4 atom stereocenters. The van der Waals surface area contributed by atoms with Crippen LogP contribution in [0.15, 0.2) is 24.5 Å². The van der Waals surface area contributed by atoms with Gasteiger partial charge in [0.15, 0.2) is 0 Å². The largest absolute Gasteiger partial charge is 0.493 e. The molecule has 4 N–H and O–H groups in total. The number of aliphatic hydroxyl groups excluding tert-OH is 1. The summed E-state index contributed by atoms with van der Waals surface area (Å²) in [4.78, 5) is 37.3. The molecule has 2 saturated carbocycles. The number of benzene rings is 1. The fourth-order valence-corrected chi connectivity index (χ4v) is 4.87. The fraction of sp³-hybridized carbons (Fsp3) is 0.481. The van der Waals surface area contributed by atoms with E-state index in [1.807, 2.05) is 25.1 Å². The third-order valence-electron chi connectivity index (χ3n) is 7.09. The van der Waals surface area contributed by atoms with Gasteiger partial charge in [0.1, 0.15) is 35.6 Å². The fourth-order valence-electron chi connectivity index (χ4n) is 4.87. The molecule has 0 spiro atoms. The highest BCUT2D eigenvalue weighted by molar-refractivity contribution is 6.09. The second kappa shape index (κ2) is 10.1. The summed E-state index contributed by atoms with van der Waals surface area (Å²) in [6.07, 6.45) is 1.59. The lowest BCUT2D eigenvalue weighted by molar-refractivity contribution is -0.129. The summed E-state index contributed by atoms with van der Waals surface area (Å²) in [5.74, 6) is 0.320. The summed E-state index contributed by atoms with van der Waals surface area (Å²) < 4.78 is 20.8. The van der Waals surface area contributed by atoms with E-state index in [9.17, 15) is 19.1 Å². The Hall–Kier alpha value is -3.53. The first-order valence-electron chi connectivity index (χ1n) is 12.7. The first-order chi connectivity index (χ1) is 17.7. The van der Waals surface area contributed by atoms with Crippen molar-refractivity contribution in [2.45, 2.75) is 70.8 Å². The Morgan fingerprint density at radius 3 is 2.73 bits per heavy atom. The number of aromatic amines is 1. The number of ether oxygens (including phenoxy) is 1. The minimum Gasteiger partial charge on any atom is -0.493 e. The van der Waals surface area contributed by atoms with E-state index in [2.05, 4.69) is 25.6 Å². The molecule has 5 rings (SSSR count). The van der Waals surface area contributed by atoms with Crippen LogP contribution >= 0.6 is 0 Å². The molecule has 0 aliphatic heterocycles. The van der Waals surface area contributed by atoms with Crippen LogP contribution in [-0.2, 0) is 4.79 Å². The number of rotatable bonds is 8. The number of hydrogen-bond acceptors (Lipinski definition) is 6. The van der Waals surface area contributed by atoms with E-state index in [0.717, 1.165) is 16.9 Å². The van der Waals surface area contributed by atoms with Gasteiger partial charge in [-0.1, -0.05) is 11.6 Å². The molecule has 37 heavy (non-hydrogen) atoms. The molecule has 2 aliphatic carbocycles. The topological polar surface area (TPSA) is 129 Å². The minimum absolute atomic E-state index is 0.0690. The number of alkyl halides is 1. The van der Waals surface area contributed by atoms with Gasteiger partial charge in [-0.15, -0.1) is 0 Å². The van der Waals surface area contributed by atoms with E-state index in [1.165, 1.54) is 26.1 Å². The van der Waals surface area contributed by atoms with Gasteiger partial charge < -0.3 is 25.5 Å².